The molecule has 0 fully saturated rings. The predicted molar refractivity (Wildman–Crippen MR) is 202 cm³/mol. The Labute approximate surface area is 280 Å². The van der Waals surface area contributed by atoms with Gasteiger partial charge in [-0.3, -0.25) is 0 Å². The number of benzene rings is 4. The van der Waals surface area contributed by atoms with E-state index in [0.717, 1.165) is 6.42 Å². The van der Waals surface area contributed by atoms with Crippen molar-refractivity contribution in [1.82, 2.24) is 0 Å². The van der Waals surface area contributed by atoms with Crippen LogP contribution in [0.3, 0.4) is 0 Å². The topological polar surface area (TPSA) is 0 Å². The summed E-state index contributed by atoms with van der Waals surface area (Å²) in [4.78, 5) is 0. The van der Waals surface area contributed by atoms with Crippen molar-refractivity contribution >= 4 is 5.57 Å². The van der Waals surface area contributed by atoms with E-state index in [2.05, 4.69) is 192 Å². The summed E-state index contributed by atoms with van der Waals surface area (Å²) in [5.41, 5.74) is 13.4. The van der Waals surface area contributed by atoms with E-state index in [9.17, 15) is 0 Å². The Morgan fingerprint density at radius 1 is 0.478 bits per heavy atom. The fourth-order valence-electron chi connectivity index (χ4n) is 6.66. The standard InChI is InChI=1S/C46H56/c1-42(2,3)35-25-34(26-36(27-35)43(4,5)6)33-21-18-24-46(31-33,41-23-17-16-22-40(41)32-19-14-13-15-20-32)39-29-37(44(7,8)9)28-38(30-39)45(10,11)12/h13-30H,31H2,1-12H3. The Kier molecular flexibility index (Phi) is 8.70. The minimum absolute atomic E-state index is 0.0237. The highest BCUT2D eigenvalue weighted by Crippen LogP contribution is 2.49. The van der Waals surface area contributed by atoms with Gasteiger partial charge in [0.1, 0.15) is 0 Å². The number of hydrogen-bond acceptors (Lipinski definition) is 0. The predicted octanol–water partition coefficient (Wildman–Crippen LogP) is 12.9. The maximum Gasteiger partial charge on any atom is 0.0431 e. The Bertz CT molecular complexity index is 1700. The summed E-state index contributed by atoms with van der Waals surface area (Å²) in [6.07, 6.45) is 8.09. The molecule has 0 aromatic heterocycles. The summed E-state index contributed by atoms with van der Waals surface area (Å²) in [5.74, 6) is 0. The minimum atomic E-state index is -0.350. The van der Waals surface area contributed by atoms with E-state index in [-0.39, 0.29) is 27.1 Å². The Morgan fingerprint density at radius 2 is 0.935 bits per heavy atom. The number of rotatable bonds is 4. The molecular formula is C46H56. The highest BCUT2D eigenvalue weighted by molar-refractivity contribution is 5.78. The molecule has 1 unspecified atom stereocenters. The molecule has 0 N–H and O–H groups in total. The Morgan fingerprint density at radius 3 is 1.43 bits per heavy atom. The lowest BCUT2D eigenvalue weighted by Gasteiger charge is -2.39. The van der Waals surface area contributed by atoms with Gasteiger partial charge in [-0.25, -0.2) is 0 Å². The molecule has 1 atom stereocenters. The van der Waals surface area contributed by atoms with Gasteiger partial charge in [-0.1, -0.05) is 192 Å². The van der Waals surface area contributed by atoms with Gasteiger partial charge in [-0.2, -0.15) is 0 Å². The molecule has 0 bridgehead atoms. The molecule has 0 amide bonds. The molecule has 240 valence electrons. The van der Waals surface area contributed by atoms with Crippen molar-refractivity contribution in [3.05, 3.63) is 148 Å². The van der Waals surface area contributed by atoms with Gasteiger partial charge in [-0.05, 0) is 83.7 Å². The second-order valence-electron chi connectivity index (χ2n) is 17.7. The van der Waals surface area contributed by atoms with Crippen molar-refractivity contribution in [2.75, 3.05) is 0 Å². The van der Waals surface area contributed by atoms with E-state index in [1.165, 1.54) is 55.6 Å². The molecule has 46 heavy (non-hydrogen) atoms. The average Bonchev–Trinajstić information content (AvgIpc) is 2.99. The van der Waals surface area contributed by atoms with Gasteiger partial charge in [0, 0.05) is 5.41 Å². The van der Waals surface area contributed by atoms with Crippen LogP contribution in [-0.2, 0) is 27.1 Å². The van der Waals surface area contributed by atoms with Crippen LogP contribution in [0.5, 0.6) is 0 Å². The first-order valence-corrected chi connectivity index (χ1v) is 17.2. The van der Waals surface area contributed by atoms with Gasteiger partial charge < -0.3 is 0 Å². The zero-order valence-electron chi connectivity index (χ0n) is 30.6. The first-order valence-electron chi connectivity index (χ1n) is 17.2. The highest BCUT2D eigenvalue weighted by Gasteiger charge is 2.38. The largest absolute Gasteiger partial charge is 0.0692 e. The molecule has 1 aliphatic rings. The van der Waals surface area contributed by atoms with E-state index in [1.807, 2.05) is 0 Å². The Hall–Kier alpha value is -3.64. The van der Waals surface area contributed by atoms with Gasteiger partial charge in [0.25, 0.3) is 0 Å². The van der Waals surface area contributed by atoms with Crippen LogP contribution in [0.15, 0.2) is 109 Å². The molecule has 0 nitrogen and oxygen atoms in total. The average molecular weight is 609 g/mol. The molecule has 0 saturated carbocycles. The van der Waals surface area contributed by atoms with Gasteiger partial charge in [-0.15, -0.1) is 0 Å². The van der Waals surface area contributed by atoms with Crippen LogP contribution >= 0.6 is 0 Å². The van der Waals surface area contributed by atoms with Crippen molar-refractivity contribution in [3.63, 3.8) is 0 Å². The van der Waals surface area contributed by atoms with E-state index >= 15 is 0 Å². The smallest absolute Gasteiger partial charge is 0.0431 e. The highest BCUT2D eigenvalue weighted by atomic mass is 14.4. The molecule has 0 heteroatoms. The second kappa shape index (κ2) is 11.9. The second-order valence-corrected chi connectivity index (χ2v) is 17.7. The lowest BCUT2D eigenvalue weighted by molar-refractivity contribution is 0.560. The van der Waals surface area contributed by atoms with Crippen LogP contribution < -0.4 is 0 Å². The van der Waals surface area contributed by atoms with Crippen molar-refractivity contribution in [3.8, 4) is 11.1 Å². The van der Waals surface area contributed by atoms with Crippen LogP contribution in [0.4, 0.5) is 0 Å². The van der Waals surface area contributed by atoms with E-state index in [4.69, 9.17) is 0 Å². The Balaban J connectivity index is 1.82. The zero-order valence-corrected chi connectivity index (χ0v) is 30.6. The maximum absolute atomic E-state index is 2.51. The van der Waals surface area contributed by atoms with Crippen LogP contribution in [-0.4, -0.2) is 0 Å². The quantitative estimate of drug-likeness (QED) is 0.216. The zero-order chi connectivity index (χ0) is 33.7. The minimum Gasteiger partial charge on any atom is -0.0692 e. The normalized spacial score (nSPS) is 17.6. The summed E-state index contributed by atoms with van der Waals surface area (Å²) in [6.45, 7) is 28.1. The third-order valence-corrected chi connectivity index (χ3v) is 9.86. The van der Waals surface area contributed by atoms with Crippen LogP contribution in [0.2, 0.25) is 0 Å². The van der Waals surface area contributed by atoms with E-state index in [1.54, 1.807) is 0 Å². The van der Waals surface area contributed by atoms with Gasteiger partial charge in [0.05, 0.1) is 0 Å². The first kappa shape index (κ1) is 33.7. The SMILES string of the molecule is CC(C)(C)c1cc(C2=CC=CC(c3cc(C(C)(C)C)cc(C(C)(C)C)c3)(c3ccccc3-c3ccccc3)C2)cc(C(C)(C)C)c1. The van der Waals surface area contributed by atoms with Crippen LogP contribution in [0, 0.1) is 0 Å². The van der Waals surface area contributed by atoms with Crippen LogP contribution in [0.25, 0.3) is 16.7 Å². The van der Waals surface area contributed by atoms with Crippen molar-refractivity contribution in [2.24, 2.45) is 0 Å². The maximum atomic E-state index is 2.51. The number of allylic oxidation sites excluding steroid dienone is 4. The summed E-state index contributed by atoms with van der Waals surface area (Å²) in [7, 11) is 0. The fourth-order valence-corrected chi connectivity index (χ4v) is 6.66. The molecule has 0 heterocycles. The molecule has 5 rings (SSSR count). The van der Waals surface area contributed by atoms with Crippen molar-refractivity contribution in [1.29, 1.82) is 0 Å². The van der Waals surface area contributed by atoms with Crippen molar-refractivity contribution in [2.45, 2.75) is 117 Å². The molecular weight excluding hydrogens is 553 g/mol. The summed E-state index contributed by atoms with van der Waals surface area (Å²) in [5, 5.41) is 0. The third-order valence-electron chi connectivity index (χ3n) is 9.86. The van der Waals surface area contributed by atoms with E-state index in [0.29, 0.717) is 0 Å². The van der Waals surface area contributed by atoms with Crippen molar-refractivity contribution < 1.29 is 0 Å². The molecule has 4 aromatic rings. The summed E-state index contributed by atoms with van der Waals surface area (Å²) < 4.78 is 0. The number of hydrogen-bond donors (Lipinski definition) is 0. The van der Waals surface area contributed by atoms with Gasteiger partial charge in [0.15, 0.2) is 0 Å². The lowest BCUT2D eigenvalue weighted by atomic mass is 9.64. The summed E-state index contributed by atoms with van der Waals surface area (Å²) >= 11 is 0. The molecule has 0 radical (unpaired) electrons. The molecule has 4 aromatic carbocycles. The third kappa shape index (κ3) is 6.88. The van der Waals surface area contributed by atoms with Gasteiger partial charge >= 0.3 is 0 Å². The molecule has 1 aliphatic carbocycles. The molecule has 0 spiro atoms. The monoisotopic (exact) mass is 608 g/mol. The lowest BCUT2D eigenvalue weighted by Crippen LogP contribution is -2.30. The summed E-state index contributed by atoms with van der Waals surface area (Å²) in [6, 6.07) is 34.9. The van der Waals surface area contributed by atoms with Gasteiger partial charge in [0.2, 0.25) is 0 Å². The first-order chi connectivity index (χ1) is 21.3. The fraction of sp³-hybridized carbons (Fsp3) is 0.391. The van der Waals surface area contributed by atoms with Crippen LogP contribution in [0.1, 0.15) is 128 Å². The molecule has 0 saturated heterocycles. The van der Waals surface area contributed by atoms with E-state index < -0.39 is 0 Å². The molecule has 0 aliphatic heterocycles.